The molecule has 1 aromatic carbocycles. The molecule has 0 fully saturated rings. The van der Waals surface area contributed by atoms with Gasteiger partial charge < -0.3 is 9.47 Å². The van der Waals surface area contributed by atoms with Gasteiger partial charge in [0.15, 0.2) is 11.5 Å². The van der Waals surface area contributed by atoms with Gasteiger partial charge in [0.1, 0.15) is 0 Å². The molecular weight excluding hydrogens is 274 g/mol. The highest BCUT2D eigenvalue weighted by Gasteiger charge is 2.04. The summed E-state index contributed by atoms with van der Waals surface area (Å²) in [5.74, 6) is 1.43. The van der Waals surface area contributed by atoms with Crippen LogP contribution in [0.15, 0.2) is 28.7 Å². The van der Waals surface area contributed by atoms with Gasteiger partial charge in [0.05, 0.1) is 25.6 Å². The number of anilines is 1. The maximum Gasteiger partial charge on any atom is 0.203 e. The van der Waals surface area contributed by atoms with E-state index in [1.807, 2.05) is 37.4 Å². The van der Waals surface area contributed by atoms with E-state index in [4.69, 9.17) is 9.47 Å². The summed E-state index contributed by atoms with van der Waals surface area (Å²) in [4.78, 5) is 4.26. The molecule has 1 N–H and O–H groups in total. The van der Waals surface area contributed by atoms with E-state index in [-0.39, 0.29) is 0 Å². The molecule has 2 aromatic rings. The third-order valence-electron chi connectivity index (χ3n) is 2.48. The third kappa shape index (κ3) is 3.71. The Kier molecular flexibility index (Phi) is 4.95. The number of aromatic nitrogens is 1. The van der Waals surface area contributed by atoms with Gasteiger partial charge in [-0.15, -0.1) is 11.3 Å². The molecule has 1 aromatic heterocycles. The summed E-state index contributed by atoms with van der Waals surface area (Å²) >= 11 is 1.52. The van der Waals surface area contributed by atoms with Crippen LogP contribution in [0.5, 0.6) is 11.5 Å². The smallest absolute Gasteiger partial charge is 0.203 e. The van der Waals surface area contributed by atoms with Crippen LogP contribution < -0.4 is 14.9 Å². The van der Waals surface area contributed by atoms with Gasteiger partial charge in [-0.25, -0.2) is 4.98 Å². The molecule has 0 spiro atoms. The quantitative estimate of drug-likeness (QED) is 0.655. The number of nitrogens with one attached hydrogen (secondary N) is 1. The van der Waals surface area contributed by atoms with E-state index in [1.165, 1.54) is 11.3 Å². The lowest BCUT2D eigenvalue weighted by Gasteiger charge is -2.09. The van der Waals surface area contributed by atoms with Crippen LogP contribution in [0.4, 0.5) is 5.13 Å². The summed E-state index contributed by atoms with van der Waals surface area (Å²) in [6.07, 6.45) is 1.72. The highest BCUT2D eigenvalue weighted by atomic mass is 32.1. The second-order valence-corrected chi connectivity index (χ2v) is 4.87. The molecule has 0 atom stereocenters. The molecule has 0 unspecified atom stereocenters. The van der Waals surface area contributed by atoms with Crippen molar-refractivity contribution in [2.24, 2.45) is 5.10 Å². The number of hydrogen-bond acceptors (Lipinski definition) is 6. The van der Waals surface area contributed by atoms with Crippen molar-refractivity contribution in [3.8, 4) is 11.5 Å². The molecule has 0 aliphatic rings. The fourth-order valence-corrected chi connectivity index (χ4v) is 2.24. The number of rotatable bonds is 6. The average Bonchev–Trinajstić information content (AvgIpc) is 2.86. The Labute approximate surface area is 122 Å². The van der Waals surface area contributed by atoms with Crippen LogP contribution >= 0.6 is 11.3 Å². The molecule has 0 bridgehead atoms. The van der Waals surface area contributed by atoms with E-state index < -0.39 is 0 Å². The van der Waals surface area contributed by atoms with Gasteiger partial charge in [-0.3, -0.25) is 5.43 Å². The molecule has 1 heterocycles. The first-order valence-corrected chi connectivity index (χ1v) is 7.13. The van der Waals surface area contributed by atoms with Crippen molar-refractivity contribution >= 4 is 22.7 Å². The van der Waals surface area contributed by atoms with Crippen LogP contribution in [0.3, 0.4) is 0 Å². The molecule has 2 rings (SSSR count). The first-order valence-electron chi connectivity index (χ1n) is 6.25. The number of hydrazone groups is 1. The highest BCUT2D eigenvalue weighted by molar-refractivity contribution is 7.13. The minimum absolute atomic E-state index is 0.606. The lowest BCUT2D eigenvalue weighted by Crippen LogP contribution is -1.96. The topological polar surface area (TPSA) is 55.7 Å². The molecule has 0 aliphatic heterocycles. The third-order valence-corrected chi connectivity index (χ3v) is 3.35. The zero-order chi connectivity index (χ0) is 14.4. The first kappa shape index (κ1) is 14.3. The molecule has 0 saturated heterocycles. The minimum atomic E-state index is 0.606. The lowest BCUT2D eigenvalue weighted by molar-refractivity contribution is 0.311. The largest absolute Gasteiger partial charge is 0.493 e. The van der Waals surface area contributed by atoms with Crippen LogP contribution in [0.1, 0.15) is 18.2 Å². The zero-order valence-electron chi connectivity index (χ0n) is 11.7. The summed E-state index contributed by atoms with van der Waals surface area (Å²) in [5, 5.41) is 6.90. The maximum atomic E-state index is 5.47. The molecule has 5 nitrogen and oxygen atoms in total. The molecule has 6 heteroatoms. The van der Waals surface area contributed by atoms with Crippen LogP contribution in [-0.4, -0.2) is 24.9 Å². The minimum Gasteiger partial charge on any atom is -0.493 e. The Morgan fingerprint density at radius 3 is 2.90 bits per heavy atom. The van der Waals surface area contributed by atoms with E-state index in [0.29, 0.717) is 12.4 Å². The normalized spacial score (nSPS) is 10.8. The van der Waals surface area contributed by atoms with Crippen molar-refractivity contribution in [3.63, 3.8) is 0 Å². The van der Waals surface area contributed by atoms with Gasteiger partial charge in [0.25, 0.3) is 0 Å². The van der Waals surface area contributed by atoms with E-state index >= 15 is 0 Å². The number of benzene rings is 1. The molecule has 106 valence electrons. The molecule has 0 radical (unpaired) electrons. The number of thiazole rings is 1. The second kappa shape index (κ2) is 6.91. The fourth-order valence-electron chi connectivity index (χ4n) is 1.61. The van der Waals surface area contributed by atoms with Crippen molar-refractivity contribution in [2.45, 2.75) is 13.8 Å². The van der Waals surface area contributed by atoms with Gasteiger partial charge in [0, 0.05) is 5.38 Å². The van der Waals surface area contributed by atoms with Gasteiger partial charge in [-0.2, -0.15) is 5.10 Å². The van der Waals surface area contributed by atoms with Crippen LogP contribution in [0, 0.1) is 6.92 Å². The van der Waals surface area contributed by atoms with Crippen molar-refractivity contribution in [2.75, 3.05) is 19.1 Å². The Hall–Kier alpha value is -2.08. The summed E-state index contributed by atoms with van der Waals surface area (Å²) in [7, 11) is 1.62. The molecule has 0 amide bonds. The first-order chi connectivity index (χ1) is 9.72. The number of aryl methyl sites for hydroxylation is 1. The van der Waals surface area contributed by atoms with E-state index in [0.717, 1.165) is 22.1 Å². The van der Waals surface area contributed by atoms with E-state index in [9.17, 15) is 0 Å². The standard InChI is InChI=1S/C14H17N3O2S/c1-4-19-12-6-5-11(7-13(12)18-3)8-15-17-14-16-10(2)9-20-14/h5-9H,4H2,1-3H3,(H,16,17)/b15-8-. The van der Waals surface area contributed by atoms with Crippen molar-refractivity contribution in [1.82, 2.24) is 4.98 Å². The fraction of sp³-hybridized carbons (Fsp3) is 0.286. The van der Waals surface area contributed by atoms with Crippen LogP contribution in [-0.2, 0) is 0 Å². The predicted octanol–water partition coefficient (Wildman–Crippen LogP) is 3.30. The van der Waals surface area contributed by atoms with Crippen molar-refractivity contribution in [3.05, 3.63) is 34.8 Å². The number of hydrogen-bond donors (Lipinski definition) is 1. The van der Waals surface area contributed by atoms with E-state index in [1.54, 1.807) is 13.3 Å². The van der Waals surface area contributed by atoms with Gasteiger partial charge in [0.2, 0.25) is 5.13 Å². The lowest BCUT2D eigenvalue weighted by atomic mass is 10.2. The molecule has 0 saturated carbocycles. The summed E-state index contributed by atoms with van der Waals surface area (Å²) in [6, 6.07) is 5.67. The monoisotopic (exact) mass is 291 g/mol. The Morgan fingerprint density at radius 1 is 1.40 bits per heavy atom. The van der Waals surface area contributed by atoms with Crippen LogP contribution in [0.25, 0.3) is 0 Å². The Bertz CT molecular complexity index is 596. The van der Waals surface area contributed by atoms with Gasteiger partial charge >= 0.3 is 0 Å². The number of ether oxygens (including phenoxy) is 2. The molecule has 0 aliphatic carbocycles. The number of nitrogens with zero attached hydrogens (tertiary/aromatic N) is 2. The SMILES string of the molecule is CCOc1ccc(/C=N\Nc2nc(C)cs2)cc1OC. The zero-order valence-corrected chi connectivity index (χ0v) is 12.5. The Balaban J connectivity index is 2.05. The van der Waals surface area contributed by atoms with E-state index in [2.05, 4.69) is 15.5 Å². The average molecular weight is 291 g/mol. The van der Waals surface area contributed by atoms with Crippen LogP contribution in [0.2, 0.25) is 0 Å². The molecule has 20 heavy (non-hydrogen) atoms. The van der Waals surface area contributed by atoms with Gasteiger partial charge in [-0.05, 0) is 37.6 Å². The number of methoxy groups -OCH3 is 1. The predicted molar refractivity (Wildman–Crippen MR) is 82.2 cm³/mol. The maximum absolute atomic E-state index is 5.47. The van der Waals surface area contributed by atoms with Crippen molar-refractivity contribution in [1.29, 1.82) is 0 Å². The highest BCUT2D eigenvalue weighted by Crippen LogP contribution is 2.27. The van der Waals surface area contributed by atoms with Gasteiger partial charge in [-0.1, -0.05) is 0 Å². The second-order valence-electron chi connectivity index (χ2n) is 4.01. The summed E-state index contributed by atoms with van der Waals surface area (Å²) < 4.78 is 10.8. The van der Waals surface area contributed by atoms with Crippen molar-refractivity contribution < 1.29 is 9.47 Å². The molecular formula is C14H17N3O2S. The summed E-state index contributed by atoms with van der Waals surface area (Å²) in [5.41, 5.74) is 4.80. The summed E-state index contributed by atoms with van der Waals surface area (Å²) in [6.45, 7) is 4.49. The Morgan fingerprint density at radius 2 is 2.25 bits per heavy atom.